The Balaban J connectivity index is 2.06. The van der Waals surface area contributed by atoms with Gasteiger partial charge in [-0.2, -0.15) is 0 Å². The number of benzene rings is 1. The second-order valence-electron chi connectivity index (χ2n) is 5.61. The third-order valence-electron chi connectivity index (χ3n) is 3.86. The number of piperazine rings is 1. The maximum Gasteiger partial charge on any atom is 0.312 e. The van der Waals surface area contributed by atoms with Crippen molar-refractivity contribution in [2.75, 3.05) is 25.0 Å². The SMILES string of the molecule is CC(C)N1CCN(CC(CBr)c2ccccc2)C(=O)C1=O. The normalized spacial score (nSPS) is 17.5. The molecule has 0 saturated carbocycles. The minimum atomic E-state index is -0.378. The summed E-state index contributed by atoms with van der Waals surface area (Å²) in [6.07, 6.45) is 0. The molecule has 2 amide bonds. The lowest BCUT2D eigenvalue weighted by atomic mass is 10.00. The zero-order valence-electron chi connectivity index (χ0n) is 12.5. The highest BCUT2D eigenvalue weighted by atomic mass is 79.9. The first-order valence-electron chi connectivity index (χ1n) is 7.25. The number of carbonyl (C=O) groups excluding carboxylic acids is 2. The van der Waals surface area contributed by atoms with Crippen molar-refractivity contribution >= 4 is 27.7 Å². The van der Waals surface area contributed by atoms with Crippen LogP contribution in [0.1, 0.15) is 25.3 Å². The van der Waals surface area contributed by atoms with Crippen molar-refractivity contribution in [1.82, 2.24) is 9.80 Å². The molecule has 0 spiro atoms. The molecule has 1 aliphatic rings. The first kappa shape index (κ1) is 16.0. The molecular formula is C16H21BrN2O2. The summed E-state index contributed by atoms with van der Waals surface area (Å²) in [6, 6.07) is 10.2. The molecule has 1 atom stereocenters. The topological polar surface area (TPSA) is 40.6 Å². The zero-order chi connectivity index (χ0) is 15.4. The van der Waals surface area contributed by atoms with E-state index in [4.69, 9.17) is 0 Å². The maximum absolute atomic E-state index is 12.2. The molecule has 21 heavy (non-hydrogen) atoms. The molecule has 1 saturated heterocycles. The maximum atomic E-state index is 12.2. The highest BCUT2D eigenvalue weighted by Gasteiger charge is 2.34. The molecule has 1 aliphatic heterocycles. The largest absolute Gasteiger partial charge is 0.332 e. The van der Waals surface area contributed by atoms with E-state index in [1.165, 1.54) is 5.56 Å². The van der Waals surface area contributed by atoms with E-state index in [0.29, 0.717) is 19.6 Å². The number of carbonyl (C=O) groups is 2. The van der Waals surface area contributed by atoms with Crippen molar-refractivity contribution in [2.24, 2.45) is 0 Å². The van der Waals surface area contributed by atoms with Crippen LogP contribution in [0.15, 0.2) is 30.3 Å². The highest BCUT2D eigenvalue weighted by Crippen LogP contribution is 2.21. The van der Waals surface area contributed by atoms with Crippen molar-refractivity contribution in [3.63, 3.8) is 0 Å². The van der Waals surface area contributed by atoms with Crippen molar-refractivity contribution in [3.8, 4) is 0 Å². The van der Waals surface area contributed by atoms with Crippen LogP contribution in [0.25, 0.3) is 0 Å². The van der Waals surface area contributed by atoms with Gasteiger partial charge in [-0.25, -0.2) is 0 Å². The first-order chi connectivity index (χ1) is 10.0. The molecule has 1 fully saturated rings. The number of alkyl halides is 1. The Hall–Kier alpha value is -1.36. The summed E-state index contributed by atoms with van der Waals surface area (Å²) < 4.78 is 0. The van der Waals surface area contributed by atoms with Crippen LogP contribution >= 0.6 is 15.9 Å². The Labute approximate surface area is 134 Å². The molecule has 1 aromatic carbocycles. The van der Waals surface area contributed by atoms with Gasteiger partial charge in [0.15, 0.2) is 0 Å². The highest BCUT2D eigenvalue weighted by molar-refractivity contribution is 9.09. The molecule has 4 nitrogen and oxygen atoms in total. The van der Waals surface area contributed by atoms with E-state index in [1.807, 2.05) is 32.0 Å². The molecule has 5 heteroatoms. The number of hydrogen-bond donors (Lipinski definition) is 0. The fraction of sp³-hybridized carbons (Fsp3) is 0.500. The second-order valence-corrected chi connectivity index (χ2v) is 6.25. The lowest BCUT2D eigenvalue weighted by Crippen LogP contribution is -2.56. The van der Waals surface area contributed by atoms with Gasteiger partial charge in [0.2, 0.25) is 0 Å². The minimum Gasteiger partial charge on any atom is -0.332 e. The van der Waals surface area contributed by atoms with Gasteiger partial charge in [-0.05, 0) is 19.4 Å². The van der Waals surface area contributed by atoms with E-state index < -0.39 is 0 Å². The van der Waals surface area contributed by atoms with Gasteiger partial charge >= 0.3 is 11.8 Å². The van der Waals surface area contributed by atoms with Gasteiger partial charge < -0.3 is 9.80 Å². The lowest BCUT2D eigenvalue weighted by Gasteiger charge is -2.37. The molecule has 1 aromatic rings. The van der Waals surface area contributed by atoms with Crippen LogP contribution in [0.2, 0.25) is 0 Å². The van der Waals surface area contributed by atoms with Crippen molar-refractivity contribution in [1.29, 1.82) is 0 Å². The van der Waals surface area contributed by atoms with Crippen LogP contribution in [-0.4, -0.2) is 52.6 Å². The molecule has 0 N–H and O–H groups in total. The Morgan fingerprint density at radius 3 is 2.33 bits per heavy atom. The third-order valence-corrected chi connectivity index (χ3v) is 4.64. The number of halogens is 1. The fourth-order valence-electron chi connectivity index (χ4n) is 2.59. The van der Waals surface area contributed by atoms with Crippen molar-refractivity contribution in [2.45, 2.75) is 25.8 Å². The summed E-state index contributed by atoms with van der Waals surface area (Å²) in [5.74, 6) is -0.553. The summed E-state index contributed by atoms with van der Waals surface area (Å²) in [5.41, 5.74) is 1.18. The predicted octanol–water partition coefficient (Wildman–Crippen LogP) is 2.24. The zero-order valence-corrected chi connectivity index (χ0v) is 14.0. The Kier molecular flexibility index (Phi) is 5.39. The minimum absolute atomic E-state index is 0.0738. The molecular weight excluding hydrogens is 332 g/mol. The Bertz CT molecular complexity index is 504. The van der Waals surface area contributed by atoms with Gasteiger partial charge in [0.05, 0.1) is 0 Å². The van der Waals surface area contributed by atoms with E-state index >= 15 is 0 Å². The number of amides is 2. The molecule has 0 aromatic heterocycles. The van der Waals surface area contributed by atoms with Crippen molar-refractivity contribution < 1.29 is 9.59 Å². The number of nitrogens with zero attached hydrogens (tertiary/aromatic N) is 2. The van der Waals surface area contributed by atoms with Crippen LogP contribution in [0.4, 0.5) is 0 Å². The average molecular weight is 353 g/mol. The molecule has 1 heterocycles. The molecule has 0 bridgehead atoms. The number of rotatable bonds is 5. The van der Waals surface area contributed by atoms with Crippen LogP contribution in [0.5, 0.6) is 0 Å². The predicted molar refractivity (Wildman–Crippen MR) is 86.4 cm³/mol. The van der Waals surface area contributed by atoms with Crippen LogP contribution in [0.3, 0.4) is 0 Å². The van der Waals surface area contributed by atoms with Crippen LogP contribution in [-0.2, 0) is 9.59 Å². The van der Waals surface area contributed by atoms with Gasteiger partial charge in [0.1, 0.15) is 0 Å². The van der Waals surface area contributed by atoms with E-state index in [2.05, 4.69) is 28.1 Å². The molecule has 1 unspecified atom stereocenters. The number of hydrogen-bond acceptors (Lipinski definition) is 2. The van der Waals surface area contributed by atoms with Crippen LogP contribution < -0.4 is 0 Å². The van der Waals surface area contributed by atoms with Crippen molar-refractivity contribution in [3.05, 3.63) is 35.9 Å². The van der Waals surface area contributed by atoms with E-state index in [1.54, 1.807) is 9.80 Å². The lowest BCUT2D eigenvalue weighted by molar-refractivity contribution is -0.157. The molecule has 114 valence electrons. The smallest absolute Gasteiger partial charge is 0.312 e. The fourth-order valence-corrected chi connectivity index (χ4v) is 3.17. The van der Waals surface area contributed by atoms with Gasteiger partial charge in [0, 0.05) is 36.9 Å². The Morgan fingerprint density at radius 2 is 1.76 bits per heavy atom. The summed E-state index contributed by atoms with van der Waals surface area (Å²) >= 11 is 3.52. The monoisotopic (exact) mass is 352 g/mol. The molecule has 0 aliphatic carbocycles. The van der Waals surface area contributed by atoms with Gasteiger partial charge in [0.25, 0.3) is 0 Å². The first-order valence-corrected chi connectivity index (χ1v) is 8.37. The van der Waals surface area contributed by atoms with E-state index in [9.17, 15) is 9.59 Å². The van der Waals surface area contributed by atoms with Gasteiger partial charge in [-0.3, -0.25) is 9.59 Å². The third kappa shape index (κ3) is 3.64. The van der Waals surface area contributed by atoms with E-state index in [-0.39, 0.29) is 23.8 Å². The van der Waals surface area contributed by atoms with Crippen LogP contribution in [0, 0.1) is 0 Å². The standard InChI is InChI=1S/C16H21BrN2O2/c1-12(2)19-9-8-18(15(20)16(19)21)11-14(10-17)13-6-4-3-5-7-13/h3-7,12,14H,8-11H2,1-2H3. The molecule has 0 radical (unpaired) electrons. The van der Waals surface area contributed by atoms with Gasteiger partial charge in [-0.1, -0.05) is 46.3 Å². The average Bonchev–Trinajstić information content (AvgIpc) is 2.49. The van der Waals surface area contributed by atoms with Gasteiger partial charge in [-0.15, -0.1) is 0 Å². The second kappa shape index (κ2) is 7.07. The summed E-state index contributed by atoms with van der Waals surface area (Å²) in [7, 11) is 0. The summed E-state index contributed by atoms with van der Waals surface area (Å²) in [6.45, 7) is 5.68. The summed E-state index contributed by atoms with van der Waals surface area (Å²) in [4.78, 5) is 27.7. The Morgan fingerprint density at radius 1 is 1.10 bits per heavy atom. The summed E-state index contributed by atoms with van der Waals surface area (Å²) in [5, 5.41) is 0.767. The molecule has 2 rings (SSSR count). The van der Waals surface area contributed by atoms with E-state index in [0.717, 1.165) is 5.33 Å². The quantitative estimate of drug-likeness (QED) is 0.602.